The molecule has 0 bridgehead atoms. The first-order valence-electron chi connectivity index (χ1n) is 15.5. The van der Waals surface area contributed by atoms with Crippen molar-refractivity contribution in [1.82, 2.24) is 19.5 Å². The number of nitrogens with one attached hydrogen (secondary N) is 1. The minimum Gasteiger partial charge on any atom is -0.490 e. The third-order valence-electron chi connectivity index (χ3n) is 6.84. The number of carboxylic acids is 1. The number of aryl methyl sites for hydroxylation is 1. The van der Waals surface area contributed by atoms with Gasteiger partial charge in [0.25, 0.3) is 11.8 Å². The van der Waals surface area contributed by atoms with Gasteiger partial charge in [0.15, 0.2) is 0 Å². The molecule has 0 fully saturated rings. The van der Waals surface area contributed by atoms with Crippen LogP contribution in [-0.2, 0) is 32.7 Å². The van der Waals surface area contributed by atoms with Crippen LogP contribution in [0.1, 0.15) is 68.7 Å². The van der Waals surface area contributed by atoms with Gasteiger partial charge in [0.05, 0.1) is 16.8 Å². The number of carboxylic acid groups (broad SMARTS) is 1. The highest BCUT2D eigenvalue weighted by Crippen LogP contribution is 2.25. The van der Waals surface area contributed by atoms with E-state index in [1.807, 2.05) is 6.20 Å². The summed E-state index contributed by atoms with van der Waals surface area (Å²) in [5.41, 5.74) is 0.591. The van der Waals surface area contributed by atoms with Crippen LogP contribution in [0.4, 0.5) is 9.59 Å². The predicted octanol–water partition coefficient (Wildman–Crippen LogP) is 4.30. The molecule has 15 nitrogen and oxygen atoms in total. The molecule has 4 rings (SSSR count). The van der Waals surface area contributed by atoms with Crippen LogP contribution in [0.15, 0.2) is 59.7 Å². The zero-order chi connectivity index (χ0) is 36.1. The fourth-order valence-electron chi connectivity index (χ4n) is 4.72. The number of benzene rings is 2. The van der Waals surface area contributed by atoms with Crippen molar-refractivity contribution in [2.75, 3.05) is 13.2 Å². The first-order chi connectivity index (χ1) is 22.9. The monoisotopic (exact) mass is 679 g/mol. The molecule has 0 radical (unpaired) electrons. The van der Waals surface area contributed by atoms with Gasteiger partial charge in [-0.25, -0.2) is 19.2 Å². The zero-order valence-corrected chi connectivity index (χ0v) is 28.5. The highest BCUT2D eigenvalue weighted by Gasteiger charge is 2.39. The Balaban J connectivity index is 1.47. The second-order valence-corrected chi connectivity index (χ2v) is 13.2. The Labute approximate surface area is 283 Å². The van der Waals surface area contributed by atoms with E-state index >= 15 is 0 Å². The second kappa shape index (κ2) is 14.8. The number of imidazole rings is 1. The van der Waals surface area contributed by atoms with Crippen molar-refractivity contribution in [3.8, 4) is 17.0 Å². The number of hydrogen-bond acceptors (Lipinski definition) is 9. The van der Waals surface area contributed by atoms with E-state index in [-0.39, 0.29) is 11.1 Å². The van der Waals surface area contributed by atoms with Gasteiger partial charge in [-0.05, 0) is 89.9 Å². The number of aliphatic carboxylic acids is 1. The van der Waals surface area contributed by atoms with Gasteiger partial charge in [0, 0.05) is 26.3 Å². The molecular weight excluding hydrogens is 638 g/mol. The fraction of sp³-hybridized carbons (Fsp3) is 0.412. The Morgan fingerprint density at radius 1 is 0.898 bits per heavy atom. The molecule has 0 saturated carbocycles. The first kappa shape index (κ1) is 36.4. The van der Waals surface area contributed by atoms with Crippen LogP contribution in [0.3, 0.4) is 0 Å². The lowest BCUT2D eigenvalue weighted by Crippen LogP contribution is -2.41. The number of alkyl carbamates (subject to hydrolysis) is 1. The zero-order valence-electron chi connectivity index (χ0n) is 28.5. The lowest BCUT2D eigenvalue weighted by Gasteiger charge is -2.19. The molecule has 2 aromatic carbocycles. The van der Waals surface area contributed by atoms with Crippen LogP contribution in [0.2, 0.25) is 0 Å². The van der Waals surface area contributed by atoms with Gasteiger partial charge in [-0.2, -0.15) is 0 Å². The lowest BCUT2D eigenvalue weighted by molar-refractivity contribution is -0.178. The molecule has 1 atom stereocenters. The van der Waals surface area contributed by atoms with E-state index < -0.39 is 53.9 Å². The van der Waals surface area contributed by atoms with Gasteiger partial charge < -0.3 is 33.8 Å². The van der Waals surface area contributed by atoms with Crippen molar-refractivity contribution in [2.24, 2.45) is 12.0 Å². The number of carbonyl (C=O) groups is 5. The molecule has 4 amide bonds. The van der Waals surface area contributed by atoms with Gasteiger partial charge in [0.1, 0.15) is 23.6 Å². The minimum atomic E-state index is -1.66. The maximum Gasteiger partial charge on any atom is 0.437 e. The topological polar surface area (TPSA) is 180 Å². The van der Waals surface area contributed by atoms with Crippen LogP contribution in [-0.4, -0.2) is 79.7 Å². The number of aromatic nitrogens is 2. The third-order valence-corrected chi connectivity index (χ3v) is 6.84. The fourth-order valence-corrected chi connectivity index (χ4v) is 4.72. The Morgan fingerprint density at radius 2 is 1.49 bits per heavy atom. The van der Waals surface area contributed by atoms with E-state index in [2.05, 4.69) is 10.3 Å². The number of carbonyl (C=O) groups excluding carboxylic acids is 4. The summed E-state index contributed by atoms with van der Waals surface area (Å²) in [4.78, 5) is 71.4. The number of nitrogens with zero attached hydrogens (tertiary/aromatic N) is 4. The maximum absolute atomic E-state index is 12.7. The normalized spacial score (nSPS) is 14.0. The maximum atomic E-state index is 12.7. The van der Waals surface area contributed by atoms with E-state index in [0.717, 1.165) is 5.56 Å². The number of ether oxygens (including phenoxy) is 3. The SMILES string of the molecule is Cn1c(-c2ccc(OCC(ON3C(=O)c4ccccc4C3=O)C(=O)O)cc2)cn(CCCNC(=O)OC(C)(C)C)/c1=N/C(=O)OC(C)(C)C. The summed E-state index contributed by atoms with van der Waals surface area (Å²) in [7, 11) is 1.74. The van der Waals surface area contributed by atoms with E-state index in [1.54, 1.807) is 94.1 Å². The largest absolute Gasteiger partial charge is 0.490 e. The molecular formula is C34H41N5O10. The van der Waals surface area contributed by atoms with Crippen LogP contribution in [0, 0.1) is 0 Å². The summed E-state index contributed by atoms with van der Waals surface area (Å²) < 4.78 is 19.8. The van der Waals surface area contributed by atoms with Crippen LogP contribution in [0.5, 0.6) is 5.75 Å². The van der Waals surface area contributed by atoms with Gasteiger partial charge in [-0.3, -0.25) is 9.59 Å². The molecule has 0 aliphatic carbocycles. The van der Waals surface area contributed by atoms with Gasteiger partial charge in [-0.15, -0.1) is 10.1 Å². The second-order valence-electron chi connectivity index (χ2n) is 13.2. The van der Waals surface area contributed by atoms with Crippen molar-refractivity contribution in [1.29, 1.82) is 0 Å². The quantitative estimate of drug-likeness (QED) is 0.219. The van der Waals surface area contributed by atoms with Crippen LogP contribution in [0.25, 0.3) is 11.3 Å². The van der Waals surface area contributed by atoms with Crippen LogP contribution < -0.4 is 15.7 Å². The molecule has 49 heavy (non-hydrogen) atoms. The molecule has 1 aromatic heterocycles. The Hall–Kier alpha value is -5.44. The minimum absolute atomic E-state index is 0.120. The van der Waals surface area contributed by atoms with E-state index in [4.69, 9.17) is 19.0 Å². The van der Waals surface area contributed by atoms with E-state index in [0.29, 0.717) is 41.6 Å². The number of hydroxylamine groups is 2. The molecule has 15 heteroatoms. The number of hydrogen-bond donors (Lipinski definition) is 2. The summed E-state index contributed by atoms with van der Waals surface area (Å²) in [5.74, 6) is -2.64. The molecule has 3 aromatic rings. The third kappa shape index (κ3) is 9.56. The number of fused-ring (bicyclic) bond motifs is 1. The molecule has 1 unspecified atom stereocenters. The molecule has 0 spiro atoms. The molecule has 1 aliphatic heterocycles. The molecule has 2 N–H and O–H groups in total. The first-order valence-corrected chi connectivity index (χ1v) is 15.5. The lowest BCUT2D eigenvalue weighted by atomic mass is 10.1. The predicted molar refractivity (Wildman–Crippen MR) is 174 cm³/mol. The summed E-state index contributed by atoms with van der Waals surface area (Å²) in [6.07, 6.45) is -0.637. The Kier molecular flexibility index (Phi) is 11.0. The van der Waals surface area contributed by atoms with Gasteiger partial charge in [-0.1, -0.05) is 12.1 Å². The highest BCUT2D eigenvalue weighted by molar-refractivity contribution is 6.20. The Bertz CT molecular complexity index is 1760. The van der Waals surface area contributed by atoms with Crippen molar-refractivity contribution in [3.63, 3.8) is 0 Å². The van der Waals surface area contributed by atoms with Crippen LogP contribution >= 0.6 is 0 Å². The smallest absolute Gasteiger partial charge is 0.437 e. The van der Waals surface area contributed by atoms with Gasteiger partial charge >= 0.3 is 18.2 Å². The van der Waals surface area contributed by atoms with Crippen molar-refractivity contribution >= 4 is 30.0 Å². The van der Waals surface area contributed by atoms with E-state index in [9.17, 15) is 29.1 Å². The Morgan fingerprint density at radius 3 is 2.04 bits per heavy atom. The molecule has 1 aliphatic rings. The summed E-state index contributed by atoms with van der Waals surface area (Å²) in [5, 5.41) is 12.9. The van der Waals surface area contributed by atoms with E-state index in [1.165, 1.54) is 12.1 Å². The molecule has 0 saturated heterocycles. The average Bonchev–Trinajstić information content (AvgIpc) is 3.43. The summed E-state index contributed by atoms with van der Waals surface area (Å²) >= 11 is 0. The van der Waals surface area contributed by atoms with Crippen molar-refractivity contribution in [2.45, 2.75) is 71.8 Å². The molecule has 262 valence electrons. The number of rotatable bonds is 11. The standard InChI is InChI=1S/C34H41N5O10/c1-33(2,3)47-31(44)35-17-10-18-38-19-25(37(7)30(38)36-32(45)48-34(4,5)6)21-13-15-22(16-14-21)46-20-26(29(42)43)49-39-27(40)23-11-8-9-12-24(23)28(39)41/h8-9,11-16,19,26H,10,17-18,20H2,1-7H3,(H,35,44)(H,42,43)/b36-30+. The van der Waals surface area contributed by atoms with Gasteiger partial charge in [0.2, 0.25) is 11.7 Å². The van der Waals surface area contributed by atoms with Crippen molar-refractivity contribution in [3.05, 3.63) is 71.5 Å². The number of imide groups is 1. The summed E-state index contributed by atoms with van der Waals surface area (Å²) in [6.45, 7) is 10.8. The van der Waals surface area contributed by atoms with Crippen molar-refractivity contribution < 1.29 is 48.1 Å². The molecule has 2 heterocycles. The number of amides is 4. The summed E-state index contributed by atoms with van der Waals surface area (Å²) in [6, 6.07) is 12.8. The highest BCUT2D eigenvalue weighted by atomic mass is 16.7. The average molecular weight is 680 g/mol.